The molecule has 0 unspecified atom stereocenters. The molecule has 3 rings (SSSR count). The van der Waals surface area contributed by atoms with Gasteiger partial charge in [0.25, 0.3) is 0 Å². The average Bonchev–Trinajstić information content (AvgIpc) is 2.77. The van der Waals surface area contributed by atoms with Crippen LogP contribution < -0.4 is 14.9 Å². The number of aryl methyl sites for hydroxylation is 2. The number of unbranched alkanes of at least 4 members (excludes halogenated alkanes) is 2. The lowest BCUT2D eigenvalue weighted by molar-refractivity contribution is -0.146. The fourth-order valence-corrected chi connectivity index (χ4v) is 3.21. The Bertz CT molecular complexity index is 1110. The summed E-state index contributed by atoms with van der Waals surface area (Å²) in [5.74, 6) is 0.418. The Labute approximate surface area is 181 Å². The van der Waals surface area contributed by atoms with E-state index >= 15 is 0 Å². The zero-order chi connectivity index (χ0) is 22.4. The monoisotopic (exact) mass is 424 g/mol. The van der Waals surface area contributed by atoms with Crippen molar-refractivity contribution in [3.63, 3.8) is 0 Å². The van der Waals surface area contributed by atoms with Crippen molar-refractivity contribution in [3.05, 3.63) is 57.7 Å². The Morgan fingerprint density at radius 3 is 2.42 bits per heavy atom. The Kier molecular flexibility index (Phi) is 7.34. The SMILES string of the molecule is CCCCCOC(=O)COc1c(-c2ccc(OC)cc2)oc2cc(C)c(C)cc2c1=O. The summed E-state index contributed by atoms with van der Waals surface area (Å²) in [6, 6.07) is 10.7. The summed E-state index contributed by atoms with van der Waals surface area (Å²) < 4.78 is 22.2. The molecule has 0 aliphatic carbocycles. The van der Waals surface area contributed by atoms with Gasteiger partial charge in [0.15, 0.2) is 12.4 Å². The van der Waals surface area contributed by atoms with Crippen LogP contribution in [0.25, 0.3) is 22.3 Å². The number of hydrogen-bond donors (Lipinski definition) is 0. The predicted octanol–water partition coefficient (Wildman–Crippen LogP) is 5.20. The third-order valence-corrected chi connectivity index (χ3v) is 5.16. The lowest BCUT2D eigenvalue weighted by Gasteiger charge is -2.13. The first kappa shape index (κ1) is 22.4. The van der Waals surface area contributed by atoms with Crippen molar-refractivity contribution in [2.45, 2.75) is 40.0 Å². The van der Waals surface area contributed by atoms with Crippen LogP contribution in [0.5, 0.6) is 11.5 Å². The molecule has 0 amide bonds. The summed E-state index contributed by atoms with van der Waals surface area (Å²) >= 11 is 0. The molecule has 0 aliphatic rings. The largest absolute Gasteiger partial charge is 0.497 e. The van der Waals surface area contributed by atoms with Gasteiger partial charge in [0.1, 0.15) is 11.3 Å². The maximum atomic E-state index is 13.3. The normalized spacial score (nSPS) is 10.8. The number of esters is 1. The molecule has 0 atom stereocenters. The average molecular weight is 424 g/mol. The zero-order valence-electron chi connectivity index (χ0n) is 18.4. The van der Waals surface area contributed by atoms with Gasteiger partial charge >= 0.3 is 5.97 Å². The molecule has 3 aromatic rings. The van der Waals surface area contributed by atoms with Crippen LogP contribution in [0, 0.1) is 13.8 Å². The van der Waals surface area contributed by atoms with Crippen molar-refractivity contribution in [2.24, 2.45) is 0 Å². The van der Waals surface area contributed by atoms with Gasteiger partial charge in [0.05, 0.1) is 19.1 Å². The van der Waals surface area contributed by atoms with Gasteiger partial charge < -0.3 is 18.6 Å². The third kappa shape index (κ3) is 5.26. The molecule has 0 fully saturated rings. The first-order chi connectivity index (χ1) is 14.9. The molecule has 1 heterocycles. The molecule has 1 aromatic heterocycles. The van der Waals surface area contributed by atoms with Crippen LogP contribution in [0.4, 0.5) is 0 Å². The molecule has 0 N–H and O–H groups in total. The minimum atomic E-state index is -0.517. The number of methoxy groups -OCH3 is 1. The topological polar surface area (TPSA) is 75.0 Å². The highest BCUT2D eigenvalue weighted by Crippen LogP contribution is 2.32. The van der Waals surface area contributed by atoms with Crippen LogP contribution in [0.15, 0.2) is 45.6 Å². The van der Waals surface area contributed by atoms with Crippen molar-refractivity contribution in [2.75, 3.05) is 20.3 Å². The first-order valence-corrected chi connectivity index (χ1v) is 10.5. The fourth-order valence-electron chi connectivity index (χ4n) is 3.21. The summed E-state index contributed by atoms with van der Waals surface area (Å²) in [4.78, 5) is 25.3. The van der Waals surface area contributed by atoms with Gasteiger partial charge in [-0.1, -0.05) is 19.8 Å². The standard InChI is InChI=1S/C25H28O6/c1-5-6-7-12-29-22(26)15-30-25-23(27)20-13-16(2)17(3)14-21(20)31-24(25)18-8-10-19(28-4)11-9-18/h8-11,13-14H,5-7,12,15H2,1-4H3. The number of fused-ring (bicyclic) bond motifs is 1. The molecule has 0 spiro atoms. The van der Waals surface area contributed by atoms with Gasteiger partial charge in [-0.15, -0.1) is 0 Å². The maximum Gasteiger partial charge on any atom is 0.344 e. The molecule has 31 heavy (non-hydrogen) atoms. The molecule has 0 saturated carbocycles. The first-order valence-electron chi connectivity index (χ1n) is 10.5. The number of rotatable bonds is 9. The lowest BCUT2D eigenvalue weighted by atomic mass is 10.0. The highest BCUT2D eigenvalue weighted by atomic mass is 16.6. The van der Waals surface area contributed by atoms with Crippen molar-refractivity contribution < 1.29 is 23.4 Å². The molecule has 0 bridgehead atoms. The summed E-state index contributed by atoms with van der Waals surface area (Å²) in [6.07, 6.45) is 2.83. The minimum Gasteiger partial charge on any atom is -0.497 e. The van der Waals surface area contributed by atoms with Crippen LogP contribution in [0.2, 0.25) is 0 Å². The van der Waals surface area contributed by atoms with E-state index in [2.05, 4.69) is 6.92 Å². The van der Waals surface area contributed by atoms with E-state index in [1.54, 1.807) is 37.4 Å². The van der Waals surface area contributed by atoms with Gasteiger partial charge in [0.2, 0.25) is 11.2 Å². The Morgan fingerprint density at radius 1 is 1.03 bits per heavy atom. The van der Waals surface area contributed by atoms with Crippen molar-refractivity contribution >= 4 is 16.9 Å². The van der Waals surface area contributed by atoms with Crippen LogP contribution in [-0.2, 0) is 9.53 Å². The molecule has 2 aromatic carbocycles. The second-order valence-electron chi connectivity index (χ2n) is 7.47. The molecule has 0 aliphatic heterocycles. The van der Waals surface area contributed by atoms with Gasteiger partial charge in [-0.2, -0.15) is 0 Å². The van der Waals surface area contributed by atoms with E-state index < -0.39 is 5.97 Å². The van der Waals surface area contributed by atoms with Crippen LogP contribution >= 0.6 is 0 Å². The van der Waals surface area contributed by atoms with Crippen LogP contribution in [0.3, 0.4) is 0 Å². The Hall–Kier alpha value is -3.28. The van der Waals surface area contributed by atoms with Gasteiger partial charge in [-0.05, 0) is 67.8 Å². The van der Waals surface area contributed by atoms with Gasteiger partial charge in [-0.25, -0.2) is 4.79 Å². The van der Waals surface area contributed by atoms with E-state index in [-0.39, 0.29) is 23.5 Å². The summed E-state index contributed by atoms with van der Waals surface area (Å²) in [6.45, 7) is 5.94. The van der Waals surface area contributed by atoms with Gasteiger partial charge in [0, 0.05) is 5.56 Å². The predicted molar refractivity (Wildman–Crippen MR) is 120 cm³/mol. The number of benzene rings is 2. The fraction of sp³-hybridized carbons (Fsp3) is 0.360. The third-order valence-electron chi connectivity index (χ3n) is 5.16. The quantitative estimate of drug-likeness (QED) is 0.347. The second-order valence-corrected chi connectivity index (χ2v) is 7.47. The van der Waals surface area contributed by atoms with E-state index in [0.717, 1.165) is 30.4 Å². The Balaban J connectivity index is 1.98. The molecule has 164 valence electrons. The Morgan fingerprint density at radius 2 is 1.74 bits per heavy atom. The zero-order valence-corrected chi connectivity index (χ0v) is 18.4. The minimum absolute atomic E-state index is 0.00794. The maximum absolute atomic E-state index is 13.3. The van der Waals surface area contributed by atoms with Crippen molar-refractivity contribution in [3.8, 4) is 22.8 Å². The van der Waals surface area contributed by atoms with E-state index in [1.807, 2.05) is 19.9 Å². The van der Waals surface area contributed by atoms with Crippen LogP contribution in [0.1, 0.15) is 37.3 Å². The van der Waals surface area contributed by atoms with Crippen LogP contribution in [-0.4, -0.2) is 26.3 Å². The van der Waals surface area contributed by atoms with Crippen molar-refractivity contribution in [1.82, 2.24) is 0 Å². The molecule has 6 heteroatoms. The highest BCUT2D eigenvalue weighted by Gasteiger charge is 2.20. The molecular formula is C25H28O6. The smallest absolute Gasteiger partial charge is 0.344 e. The highest BCUT2D eigenvalue weighted by molar-refractivity contribution is 5.83. The summed E-state index contributed by atoms with van der Waals surface area (Å²) in [7, 11) is 1.58. The molecular weight excluding hydrogens is 396 g/mol. The molecule has 0 saturated heterocycles. The number of ether oxygens (including phenoxy) is 3. The molecule has 6 nitrogen and oxygen atoms in total. The summed E-state index contributed by atoms with van der Waals surface area (Å²) in [5.41, 5.74) is 2.77. The van der Waals surface area contributed by atoms with E-state index in [1.165, 1.54) is 0 Å². The van der Waals surface area contributed by atoms with Crippen molar-refractivity contribution in [1.29, 1.82) is 0 Å². The number of hydrogen-bond acceptors (Lipinski definition) is 6. The van der Waals surface area contributed by atoms with Gasteiger partial charge in [-0.3, -0.25) is 4.79 Å². The van der Waals surface area contributed by atoms with E-state index in [0.29, 0.717) is 28.9 Å². The molecule has 0 radical (unpaired) electrons. The second kappa shape index (κ2) is 10.2. The summed E-state index contributed by atoms with van der Waals surface area (Å²) in [5, 5.41) is 0.409. The number of carbonyl (C=O) groups is 1. The van der Waals surface area contributed by atoms with E-state index in [4.69, 9.17) is 18.6 Å². The van der Waals surface area contributed by atoms with E-state index in [9.17, 15) is 9.59 Å². The number of carbonyl (C=O) groups excluding carboxylic acids is 1. The lowest BCUT2D eigenvalue weighted by Crippen LogP contribution is -2.19.